The maximum Gasteiger partial charge on any atom is 0.249 e. The second kappa shape index (κ2) is 6.06. The molecule has 3 N–H and O–H groups in total. The number of carbonyl (C=O) groups is 1. The number of carbonyl (C=O) groups excluding carboxylic acids is 1. The van der Waals surface area contributed by atoms with Gasteiger partial charge in [-0.15, -0.1) is 0 Å². The Kier molecular flexibility index (Phi) is 4.57. The summed E-state index contributed by atoms with van der Waals surface area (Å²) in [6.07, 6.45) is 2.37. The van der Waals surface area contributed by atoms with Gasteiger partial charge < -0.3 is 15.8 Å². The Morgan fingerprint density at radius 1 is 1.48 bits per heavy atom. The lowest BCUT2D eigenvalue weighted by molar-refractivity contribution is -0.109. The van der Waals surface area contributed by atoms with Gasteiger partial charge in [0, 0.05) is 29.3 Å². The van der Waals surface area contributed by atoms with Crippen LogP contribution in [-0.4, -0.2) is 24.7 Å². The molecule has 1 aromatic carbocycles. The largest absolute Gasteiger partial charge is 0.381 e. The number of anilines is 1. The third kappa shape index (κ3) is 2.77. The van der Waals surface area contributed by atoms with Crippen LogP contribution in [0.3, 0.4) is 0 Å². The molecule has 1 aliphatic rings. The monoisotopic (exact) mass is 290 g/mol. The Morgan fingerprint density at radius 3 is 2.76 bits per heavy atom. The van der Waals surface area contributed by atoms with Crippen LogP contribution in [0.1, 0.15) is 49.5 Å². The van der Waals surface area contributed by atoms with E-state index in [1.165, 1.54) is 0 Å². The van der Waals surface area contributed by atoms with E-state index < -0.39 is 0 Å². The lowest BCUT2D eigenvalue weighted by Gasteiger charge is -2.54. The molecule has 0 bridgehead atoms. The van der Waals surface area contributed by atoms with Crippen LogP contribution in [-0.2, 0) is 4.74 Å². The topological polar surface area (TPSA) is 64.3 Å². The number of hydrogen-bond donors (Lipinski definition) is 2. The van der Waals surface area contributed by atoms with Crippen LogP contribution in [0.5, 0.6) is 0 Å². The van der Waals surface area contributed by atoms with Crippen molar-refractivity contribution in [2.24, 2.45) is 11.1 Å². The summed E-state index contributed by atoms with van der Waals surface area (Å²) < 4.78 is 5.83. The molecule has 0 heterocycles. The van der Waals surface area contributed by atoms with Crippen molar-refractivity contribution in [3.8, 4) is 0 Å². The van der Waals surface area contributed by atoms with E-state index in [1.54, 1.807) is 6.07 Å². The zero-order valence-corrected chi connectivity index (χ0v) is 13.4. The molecule has 1 fully saturated rings. The van der Waals surface area contributed by atoms with Crippen molar-refractivity contribution in [2.45, 2.75) is 52.7 Å². The van der Waals surface area contributed by atoms with Gasteiger partial charge in [0.1, 0.15) is 0 Å². The summed E-state index contributed by atoms with van der Waals surface area (Å²) in [5.41, 5.74) is 8.04. The summed E-state index contributed by atoms with van der Waals surface area (Å²) in [4.78, 5) is 11.4. The number of nitrogens with two attached hydrogens (primary N) is 1. The number of hydrogen-bond acceptors (Lipinski definition) is 3. The zero-order chi connectivity index (χ0) is 15.6. The molecule has 0 spiro atoms. The minimum atomic E-state index is -0.379. The predicted octanol–water partition coefficient (Wildman–Crippen LogP) is 3.10. The summed E-state index contributed by atoms with van der Waals surface area (Å²) in [5.74, 6) is -0.379. The highest BCUT2D eigenvalue weighted by atomic mass is 16.5. The van der Waals surface area contributed by atoms with Gasteiger partial charge in [0.15, 0.2) is 0 Å². The van der Waals surface area contributed by atoms with E-state index in [1.807, 2.05) is 26.0 Å². The molecule has 0 aliphatic heterocycles. The van der Waals surface area contributed by atoms with E-state index in [4.69, 9.17) is 10.5 Å². The van der Waals surface area contributed by atoms with Crippen molar-refractivity contribution in [3.63, 3.8) is 0 Å². The van der Waals surface area contributed by atoms with Gasteiger partial charge >= 0.3 is 0 Å². The average molecular weight is 290 g/mol. The predicted molar refractivity (Wildman–Crippen MR) is 85.5 cm³/mol. The maximum absolute atomic E-state index is 11.4. The SMILES string of the molecule is CCOC1CC(Nc2cccc(C(N)=O)c2C)C1(C)CC. The van der Waals surface area contributed by atoms with E-state index in [-0.39, 0.29) is 11.3 Å². The molecule has 0 aromatic heterocycles. The molecule has 1 aromatic rings. The molecule has 4 heteroatoms. The van der Waals surface area contributed by atoms with Crippen LogP contribution in [0.4, 0.5) is 5.69 Å². The van der Waals surface area contributed by atoms with E-state index in [2.05, 4.69) is 19.2 Å². The van der Waals surface area contributed by atoms with E-state index in [9.17, 15) is 4.79 Å². The highest BCUT2D eigenvalue weighted by molar-refractivity contribution is 5.95. The number of primary amides is 1. The highest BCUT2D eigenvalue weighted by Gasteiger charge is 2.51. The molecule has 4 nitrogen and oxygen atoms in total. The van der Waals surface area contributed by atoms with Crippen LogP contribution >= 0.6 is 0 Å². The van der Waals surface area contributed by atoms with Crippen LogP contribution in [0.25, 0.3) is 0 Å². The number of nitrogens with one attached hydrogen (secondary N) is 1. The molecule has 1 amide bonds. The van der Waals surface area contributed by atoms with E-state index in [0.717, 1.165) is 30.7 Å². The first kappa shape index (κ1) is 15.8. The number of benzene rings is 1. The van der Waals surface area contributed by atoms with E-state index >= 15 is 0 Å². The zero-order valence-electron chi connectivity index (χ0n) is 13.4. The molecule has 3 atom stereocenters. The van der Waals surface area contributed by atoms with Crippen LogP contribution in [0.2, 0.25) is 0 Å². The summed E-state index contributed by atoms with van der Waals surface area (Å²) in [7, 11) is 0. The first-order chi connectivity index (χ1) is 9.93. The lowest BCUT2D eigenvalue weighted by atomic mass is 9.61. The number of rotatable bonds is 6. The average Bonchev–Trinajstić information content (AvgIpc) is 2.46. The Labute approximate surface area is 127 Å². The van der Waals surface area contributed by atoms with Crippen molar-refractivity contribution < 1.29 is 9.53 Å². The standard InChI is InChI=1S/C17H26N2O2/c1-5-17(4)14(10-15(17)21-6-2)19-13-9-7-8-12(11(13)3)16(18)20/h7-9,14-15,19H,5-6,10H2,1-4H3,(H2,18,20). The van der Waals surface area contributed by atoms with Gasteiger partial charge in [0.2, 0.25) is 5.91 Å². The second-order valence-electron chi connectivity index (χ2n) is 6.08. The summed E-state index contributed by atoms with van der Waals surface area (Å²) in [6, 6.07) is 6.01. The quantitative estimate of drug-likeness (QED) is 0.846. The van der Waals surface area contributed by atoms with Gasteiger partial charge in [0.25, 0.3) is 0 Å². The molecular formula is C17H26N2O2. The van der Waals surface area contributed by atoms with Crippen molar-refractivity contribution in [2.75, 3.05) is 11.9 Å². The molecule has 0 saturated heterocycles. The summed E-state index contributed by atoms with van der Waals surface area (Å²) in [6.45, 7) is 9.19. The highest BCUT2D eigenvalue weighted by Crippen LogP contribution is 2.47. The fourth-order valence-corrected chi connectivity index (χ4v) is 3.22. The third-order valence-electron chi connectivity index (χ3n) is 5.04. The molecule has 1 saturated carbocycles. The Morgan fingerprint density at radius 2 is 2.19 bits per heavy atom. The van der Waals surface area contributed by atoms with Gasteiger partial charge in [-0.1, -0.05) is 19.9 Å². The molecule has 3 unspecified atom stereocenters. The van der Waals surface area contributed by atoms with E-state index in [0.29, 0.717) is 17.7 Å². The van der Waals surface area contributed by atoms with Crippen LogP contribution < -0.4 is 11.1 Å². The minimum Gasteiger partial charge on any atom is -0.381 e. The molecule has 21 heavy (non-hydrogen) atoms. The Bertz CT molecular complexity index is 530. The smallest absolute Gasteiger partial charge is 0.249 e. The minimum absolute atomic E-state index is 0.130. The van der Waals surface area contributed by atoms with Gasteiger partial charge in [-0.25, -0.2) is 0 Å². The molecule has 116 valence electrons. The fraction of sp³-hybridized carbons (Fsp3) is 0.588. The molecular weight excluding hydrogens is 264 g/mol. The van der Waals surface area contributed by atoms with Crippen LogP contribution in [0.15, 0.2) is 18.2 Å². The number of amides is 1. The van der Waals surface area contributed by atoms with Crippen molar-refractivity contribution in [1.29, 1.82) is 0 Å². The molecule has 1 aliphatic carbocycles. The van der Waals surface area contributed by atoms with Crippen molar-refractivity contribution in [1.82, 2.24) is 0 Å². The molecule has 2 rings (SSSR count). The van der Waals surface area contributed by atoms with Gasteiger partial charge in [-0.2, -0.15) is 0 Å². The first-order valence-electron chi connectivity index (χ1n) is 7.71. The molecule has 0 radical (unpaired) electrons. The normalized spacial score (nSPS) is 28.0. The number of ether oxygens (including phenoxy) is 1. The van der Waals surface area contributed by atoms with Crippen LogP contribution in [0, 0.1) is 12.3 Å². The van der Waals surface area contributed by atoms with Gasteiger partial charge in [-0.05, 0) is 44.4 Å². The van der Waals surface area contributed by atoms with Gasteiger partial charge in [-0.3, -0.25) is 4.79 Å². The lowest BCUT2D eigenvalue weighted by Crippen LogP contribution is -2.59. The summed E-state index contributed by atoms with van der Waals surface area (Å²) in [5, 5.41) is 3.58. The maximum atomic E-state index is 11.4. The third-order valence-corrected chi connectivity index (χ3v) is 5.04. The summed E-state index contributed by atoms with van der Waals surface area (Å²) >= 11 is 0. The first-order valence-corrected chi connectivity index (χ1v) is 7.71. The Balaban J connectivity index is 2.16. The van der Waals surface area contributed by atoms with Crippen molar-refractivity contribution in [3.05, 3.63) is 29.3 Å². The van der Waals surface area contributed by atoms with Crippen molar-refractivity contribution >= 4 is 11.6 Å². The second-order valence-corrected chi connectivity index (χ2v) is 6.08. The fourth-order valence-electron chi connectivity index (χ4n) is 3.22. The Hall–Kier alpha value is -1.55. The van der Waals surface area contributed by atoms with Gasteiger partial charge in [0.05, 0.1) is 6.10 Å².